The van der Waals surface area contributed by atoms with Gasteiger partial charge in [-0.25, -0.2) is 8.78 Å². The molecule has 0 spiro atoms. The molecule has 1 fully saturated rings. The van der Waals surface area contributed by atoms with Crippen LogP contribution in [0.1, 0.15) is 30.2 Å². The van der Waals surface area contributed by atoms with Crippen LogP contribution in [0, 0.1) is 11.6 Å². The van der Waals surface area contributed by atoms with Crippen LogP contribution in [0.2, 0.25) is 0 Å². The van der Waals surface area contributed by atoms with Crippen molar-refractivity contribution >= 4 is 5.91 Å². The predicted molar refractivity (Wildman–Crippen MR) is 109 cm³/mol. The molecule has 0 unspecified atom stereocenters. The van der Waals surface area contributed by atoms with E-state index in [0.717, 1.165) is 25.9 Å². The predicted octanol–water partition coefficient (Wildman–Crippen LogP) is 2.95. The van der Waals surface area contributed by atoms with Gasteiger partial charge in [0.1, 0.15) is 17.3 Å². The summed E-state index contributed by atoms with van der Waals surface area (Å²) in [6.45, 7) is 1.88. The Kier molecular flexibility index (Phi) is 6.61. The number of carbonyl (C=O) groups is 1. The van der Waals surface area contributed by atoms with Crippen LogP contribution in [0.15, 0.2) is 47.1 Å². The SMILES string of the molecule is O=C(CN1CCC(c2nc(-c3ccccn3)no2)CC1)NCCc1c(F)cccc1F. The Morgan fingerprint density at radius 3 is 2.61 bits per heavy atom. The highest BCUT2D eigenvalue weighted by molar-refractivity contribution is 5.78. The fourth-order valence-electron chi connectivity index (χ4n) is 3.70. The minimum atomic E-state index is -0.594. The summed E-state index contributed by atoms with van der Waals surface area (Å²) in [4.78, 5) is 22.9. The number of carbonyl (C=O) groups excluding carboxylic acids is 1. The van der Waals surface area contributed by atoms with Crippen molar-refractivity contribution < 1.29 is 18.1 Å². The van der Waals surface area contributed by atoms with Gasteiger partial charge in [-0.05, 0) is 56.6 Å². The molecule has 162 valence electrons. The Morgan fingerprint density at radius 2 is 1.90 bits per heavy atom. The average Bonchev–Trinajstić information content (AvgIpc) is 3.27. The van der Waals surface area contributed by atoms with Crippen LogP contribution < -0.4 is 5.32 Å². The second-order valence-electron chi connectivity index (χ2n) is 7.52. The van der Waals surface area contributed by atoms with Crippen LogP contribution >= 0.6 is 0 Å². The lowest BCUT2D eigenvalue weighted by Gasteiger charge is -2.29. The highest BCUT2D eigenvalue weighted by Crippen LogP contribution is 2.28. The maximum Gasteiger partial charge on any atom is 0.234 e. The average molecular weight is 427 g/mol. The summed E-state index contributed by atoms with van der Waals surface area (Å²) in [6.07, 6.45) is 3.40. The van der Waals surface area contributed by atoms with Crippen molar-refractivity contribution in [2.24, 2.45) is 0 Å². The molecule has 0 radical (unpaired) electrons. The summed E-state index contributed by atoms with van der Waals surface area (Å²) in [5.74, 6) is -0.133. The normalized spacial score (nSPS) is 15.2. The van der Waals surface area contributed by atoms with Gasteiger partial charge in [-0.1, -0.05) is 17.3 Å². The van der Waals surface area contributed by atoms with Crippen molar-refractivity contribution in [2.75, 3.05) is 26.2 Å². The van der Waals surface area contributed by atoms with Crippen LogP contribution in [-0.2, 0) is 11.2 Å². The molecule has 1 N–H and O–H groups in total. The standard InChI is InChI=1S/C22H23F2N5O2/c23-17-4-3-5-18(24)16(17)7-11-26-20(30)14-29-12-8-15(9-13-29)22-27-21(28-31-22)19-6-1-2-10-25-19/h1-6,10,15H,7-9,11-14H2,(H,26,30). The second kappa shape index (κ2) is 9.74. The number of aromatic nitrogens is 3. The molecule has 0 bridgehead atoms. The van der Waals surface area contributed by atoms with Gasteiger partial charge >= 0.3 is 0 Å². The molecule has 1 aliphatic rings. The first-order valence-corrected chi connectivity index (χ1v) is 10.3. The van der Waals surface area contributed by atoms with E-state index in [1.807, 2.05) is 23.1 Å². The number of piperidine rings is 1. The molecule has 0 aliphatic carbocycles. The maximum atomic E-state index is 13.6. The third kappa shape index (κ3) is 5.29. The Labute approximate surface area is 178 Å². The van der Waals surface area contributed by atoms with Gasteiger partial charge in [0.25, 0.3) is 0 Å². The molecular weight excluding hydrogens is 404 g/mol. The summed E-state index contributed by atoms with van der Waals surface area (Å²) in [5, 5.41) is 6.76. The lowest BCUT2D eigenvalue weighted by Crippen LogP contribution is -2.41. The second-order valence-corrected chi connectivity index (χ2v) is 7.52. The van der Waals surface area contributed by atoms with E-state index >= 15 is 0 Å². The van der Waals surface area contributed by atoms with E-state index in [1.54, 1.807) is 6.20 Å². The van der Waals surface area contributed by atoms with Gasteiger partial charge in [0, 0.05) is 24.2 Å². The Balaban J connectivity index is 1.21. The number of halogens is 2. The van der Waals surface area contributed by atoms with Crippen molar-refractivity contribution in [3.05, 3.63) is 65.7 Å². The first-order chi connectivity index (χ1) is 15.1. The Morgan fingerprint density at radius 1 is 1.13 bits per heavy atom. The van der Waals surface area contributed by atoms with E-state index in [-0.39, 0.29) is 36.9 Å². The van der Waals surface area contributed by atoms with Crippen molar-refractivity contribution in [3.63, 3.8) is 0 Å². The van der Waals surface area contributed by atoms with Crippen LogP contribution in [0.25, 0.3) is 11.5 Å². The van der Waals surface area contributed by atoms with E-state index < -0.39 is 11.6 Å². The molecule has 31 heavy (non-hydrogen) atoms. The van der Waals surface area contributed by atoms with Gasteiger partial charge in [-0.3, -0.25) is 14.7 Å². The first kappa shape index (κ1) is 21.0. The van der Waals surface area contributed by atoms with E-state index in [0.29, 0.717) is 17.4 Å². The van der Waals surface area contributed by atoms with Crippen molar-refractivity contribution in [1.29, 1.82) is 0 Å². The molecule has 1 aromatic carbocycles. The van der Waals surface area contributed by atoms with E-state index in [9.17, 15) is 13.6 Å². The number of rotatable bonds is 7. The first-order valence-electron chi connectivity index (χ1n) is 10.3. The van der Waals surface area contributed by atoms with Gasteiger partial charge < -0.3 is 9.84 Å². The van der Waals surface area contributed by atoms with Crippen LogP contribution in [-0.4, -0.2) is 52.1 Å². The maximum absolute atomic E-state index is 13.6. The third-order valence-electron chi connectivity index (χ3n) is 5.40. The summed E-state index contributed by atoms with van der Waals surface area (Å²) < 4.78 is 32.7. The minimum absolute atomic E-state index is 0.00626. The highest BCUT2D eigenvalue weighted by atomic mass is 19.1. The molecule has 0 atom stereocenters. The molecule has 4 rings (SSSR count). The molecule has 1 amide bonds. The minimum Gasteiger partial charge on any atom is -0.355 e. The topological polar surface area (TPSA) is 84.2 Å². The van der Waals surface area contributed by atoms with E-state index in [2.05, 4.69) is 20.4 Å². The summed E-state index contributed by atoms with van der Waals surface area (Å²) >= 11 is 0. The van der Waals surface area contributed by atoms with Crippen molar-refractivity contribution in [1.82, 2.24) is 25.3 Å². The van der Waals surface area contributed by atoms with Crippen molar-refractivity contribution in [3.8, 4) is 11.5 Å². The number of amides is 1. The smallest absolute Gasteiger partial charge is 0.234 e. The van der Waals surface area contributed by atoms with Gasteiger partial charge in [0.15, 0.2) is 0 Å². The number of benzene rings is 1. The van der Waals surface area contributed by atoms with E-state index in [1.165, 1.54) is 18.2 Å². The number of pyridine rings is 1. The highest BCUT2D eigenvalue weighted by Gasteiger charge is 2.26. The number of hydrogen-bond acceptors (Lipinski definition) is 6. The lowest BCUT2D eigenvalue weighted by atomic mass is 9.97. The Bertz CT molecular complexity index is 1000. The zero-order chi connectivity index (χ0) is 21.6. The molecule has 9 heteroatoms. The molecule has 3 heterocycles. The molecule has 0 saturated carbocycles. The number of likely N-dealkylation sites (tertiary alicyclic amines) is 1. The fourth-order valence-corrected chi connectivity index (χ4v) is 3.70. The lowest BCUT2D eigenvalue weighted by molar-refractivity contribution is -0.122. The zero-order valence-corrected chi connectivity index (χ0v) is 16.9. The van der Waals surface area contributed by atoms with Crippen molar-refractivity contribution in [2.45, 2.75) is 25.2 Å². The van der Waals surface area contributed by atoms with Crippen LogP contribution in [0.4, 0.5) is 8.78 Å². The van der Waals surface area contributed by atoms with Gasteiger partial charge in [-0.15, -0.1) is 0 Å². The molecule has 3 aromatic rings. The number of nitrogens with one attached hydrogen (secondary N) is 1. The molecular formula is C22H23F2N5O2. The van der Waals surface area contributed by atoms with Crippen LogP contribution in [0.5, 0.6) is 0 Å². The monoisotopic (exact) mass is 427 g/mol. The molecule has 7 nitrogen and oxygen atoms in total. The largest absolute Gasteiger partial charge is 0.355 e. The molecule has 1 saturated heterocycles. The van der Waals surface area contributed by atoms with E-state index in [4.69, 9.17) is 4.52 Å². The zero-order valence-electron chi connectivity index (χ0n) is 16.9. The molecule has 1 aliphatic heterocycles. The van der Waals surface area contributed by atoms with Gasteiger partial charge in [0.05, 0.1) is 6.54 Å². The number of nitrogens with zero attached hydrogens (tertiary/aromatic N) is 4. The fraction of sp³-hybridized carbons (Fsp3) is 0.364. The van der Waals surface area contributed by atoms with Gasteiger partial charge in [-0.2, -0.15) is 4.98 Å². The van der Waals surface area contributed by atoms with Crippen LogP contribution in [0.3, 0.4) is 0 Å². The summed E-state index contributed by atoms with van der Waals surface area (Å²) in [6, 6.07) is 9.28. The third-order valence-corrected chi connectivity index (χ3v) is 5.40. The van der Waals surface area contributed by atoms with Gasteiger partial charge in [0.2, 0.25) is 17.6 Å². The summed E-state index contributed by atoms with van der Waals surface area (Å²) in [5.41, 5.74) is 0.662. The quantitative estimate of drug-likeness (QED) is 0.624. The summed E-state index contributed by atoms with van der Waals surface area (Å²) in [7, 11) is 0. The Hall–Kier alpha value is -3.20. The number of hydrogen-bond donors (Lipinski definition) is 1. The molecule has 2 aromatic heterocycles.